The molecule has 0 aliphatic heterocycles. The van der Waals surface area contributed by atoms with E-state index < -0.39 is 36.3 Å². The minimum Gasteiger partial charge on any atom is -0.262 e. The summed E-state index contributed by atoms with van der Waals surface area (Å²) in [6, 6.07) is 0. The fourth-order valence-electron chi connectivity index (χ4n) is 0.640. The van der Waals surface area contributed by atoms with Crippen molar-refractivity contribution < 1.29 is 53.0 Å². The molecule has 0 amide bonds. The maximum Gasteiger partial charge on any atom is 0.458 e. The van der Waals surface area contributed by atoms with E-state index in [0.717, 1.165) is 0 Å². The summed E-state index contributed by atoms with van der Waals surface area (Å²) in [5.74, 6) is -12.6. The van der Waals surface area contributed by atoms with Crippen molar-refractivity contribution in [1.82, 2.24) is 0 Å². The zero-order valence-electron chi connectivity index (χ0n) is 8.35. The average molecular weight is 312 g/mol. The van der Waals surface area contributed by atoms with E-state index in [2.05, 4.69) is 6.58 Å². The second-order valence-corrected chi connectivity index (χ2v) is 3.04. The molecular formula is C7H3F11O. The third-order valence-corrected chi connectivity index (χ3v) is 1.64. The lowest BCUT2D eigenvalue weighted by Crippen LogP contribution is -2.60. The molecule has 114 valence electrons. The largest absolute Gasteiger partial charge is 0.458 e. The Balaban J connectivity index is 5.70. The summed E-state index contributed by atoms with van der Waals surface area (Å²) in [4.78, 5) is 0. The molecule has 0 bridgehead atoms. The fraction of sp³-hybridized carbons (Fsp3) is 0.714. The molecular weight excluding hydrogens is 309 g/mol. The van der Waals surface area contributed by atoms with Crippen molar-refractivity contribution in [3.63, 3.8) is 0 Å². The van der Waals surface area contributed by atoms with Crippen molar-refractivity contribution in [1.29, 1.82) is 0 Å². The van der Waals surface area contributed by atoms with Gasteiger partial charge in [-0.15, -0.1) is 0 Å². The number of rotatable bonds is 4. The predicted molar refractivity (Wildman–Crippen MR) is 37.1 cm³/mol. The molecule has 1 nitrogen and oxygen atoms in total. The zero-order valence-corrected chi connectivity index (χ0v) is 8.35. The number of alkyl halides is 11. The van der Waals surface area contributed by atoms with Crippen molar-refractivity contribution in [2.45, 2.75) is 30.2 Å². The Bertz CT molecular complexity index is 324. The van der Waals surface area contributed by atoms with E-state index in [1.807, 2.05) is 0 Å². The molecule has 0 N–H and O–H groups in total. The van der Waals surface area contributed by atoms with Crippen LogP contribution >= 0.6 is 0 Å². The van der Waals surface area contributed by atoms with Gasteiger partial charge in [-0.1, -0.05) is 6.58 Å². The van der Waals surface area contributed by atoms with E-state index in [-0.39, 0.29) is 0 Å². The molecule has 0 unspecified atom stereocenters. The predicted octanol–water partition coefficient (Wildman–Crippen LogP) is 4.21. The van der Waals surface area contributed by atoms with Crippen molar-refractivity contribution in [2.75, 3.05) is 0 Å². The standard InChI is InChI=1S/C7H3F11O/c1-2-3(8,9)7(17,18)19-4(10,5(11,12)13)6(14,15)16/h2H,1H2. The lowest BCUT2D eigenvalue weighted by atomic mass is 10.2. The molecule has 0 aromatic heterocycles. The van der Waals surface area contributed by atoms with E-state index in [9.17, 15) is 48.3 Å². The normalized spacial score (nSPS) is 15.5. The molecule has 0 spiro atoms. The molecule has 0 rings (SSSR count). The average Bonchev–Trinajstić information content (AvgIpc) is 2.13. The lowest BCUT2D eigenvalue weighted by molar-refractivity contribution is -0.498. The van der Waals surface area contributed by atoms with Gasteiger partial charge in [-0.25, -0.2) is 0 Å². The lowest BCUT2D eigenvalue weighted by Gasteiger charge is -2.34. The van der Waals surface area contributed by atoms with Crippen LogP contribution in [0, 0.1) is 0 Å². The fourth-order valence-corrected chi connectivity index (χ4v) is 0.640. The molecule has 12 heteroatoms. The van der Waals surface area contributed by atoms with Gasteiger partial charge in [0.25, 0.3) is 0 Å². The SMILES string of the molecule is C=CC(F)(F)C(F)(F)OC(F)(C(F)(F)F)C(F)(F)F. The molecule has 0 radical (unpaired) electrons. The van der Waals surface area contributed by atoms with Crippen LogP contribution in [0.3, 0.4) is 0 Å². The first kappa shape index (κ1) is 17.9. The Labute approximate surface area is 97.2 Å². The van der Waals surface area contributed by atoms with Crippen LogP contribution < -0.4 is 0 Å². The van der Waals surface area contributed by atoms with Crippen LogP contribution in [0.4, 0.5) is 48.3 Å². The first-order valence-electron chi connectivity index (χ1n) is 3.93. The van der Waals surface area contributed by atoms with Gasteiger partial charge >= 0.3 is 30.2 Å². The van der Waals surface area contributed by atoms with Crippen LogP contribution in [0.1, 0.15) is 0 Å². The van der Waals surface area contributed by atoms with Crippen LogP contribution in [-0.2, 0) is 4.74 Å². The third kappa shape index (κ3) is 3.09. The van der Waals surface area contributed by atoms with Gasteiger partial charge in [0.2, 0.25) is 0 Å². The van der Waals surface area contributed by atoms with Crippen LogP contribution in [-0.4, -0.2) is 30.2 Å². The van der Waals surface area contributed by atoms with Crippen LogP contribution in [0.5, 0.6) is 0 Å². The summed E-state index contributed by atoms with van der Waals surface area (Å²) < 4.78 is 135. The highest BCUT2D eigenvalue weighted by Crippen LogP contribution is 2.51. The smallest absolute Gasteiger partial charge is 0.262 e. The first-order chi connectivity index (χ1) is 8.02. The van der Waals surface area contributed by atoms with Gasteiger partial charge in [-0.3, -0.25) is 4.74 Å². The molecule has 0 saturated carbocycles. The van der Waals surface area contributed by atoms with Gasteiger partial charge in [0.15, 0.2) is 0 Å². The highest BCUT2D eigenvalue weighted by molar-refractivity contribution is 4.97. The van der Waals surface area contributed by atoms with Crippen molar-refractivity contribution >= 4 is 0 Å². The van der Waals surface area contributed by atoms with Gasteiger partial charge < -0.3 is 0 Å². The number of halogens is 11. The highest BCUT2D eigenvalue weighted by Gasteiger charge is 2.79. The molecule has 19 heavy (non-hydrogen) atoms. The highest BCUT2D eigenvalue weighted by atomic mass is 19.4. The van der Waals surface area contributed by atoms with Crippen molar-refractivity contribution in [3.8, 4) is 0 Å². The number of ether oxygens (including phenoxy) is 1. The van der Waals surface area contributed by atoms with Gasteiger partial charge in [-0.05, 0) is 6.08 Å². The van der Waals surface area contributed by atoms with Gasteiger partial charge in [0.05, 0.1) is 0 Å². The number of hydrogen-bond donors (Lipinski definition) is 0. The Morgan fingerprint density at radius 3 is 1.21 bits per heavy atom. The molecule has 0 fully saturated rings. The topological polar surface area (TPSA) is 9.23 Å². The first-order valence-corrected chi connectivity index (χ1v) is 3.93. The summed E-state index contributed by atoms with van der Waals surface area (Å²) in [6.45, 7) is 2.06. The summed E-state index contributed by atoms with van der Waals surface area (Å²) in [7, 11) is 0. The molecule has 0 saturated heterocycles. The van der Waals surface area contributed by atoms with Gasteiger partial charge in [0, 0.05) is 0 Å². The monoisotopic (exact) mass is 312 g/mol. The van der Waals surface area contributed by atoms with E-state index >= 15 is 0 Å². The Morgan fingerprint density at radius 2 is 1.00 bits per heavy atom. The molecule has 0 aromatic carbocycles. The maximum atomic E-state index is 12.6. The zero-order chi connectivity index (χ0) is 15.9. The summed E-state index contributed by atoms with van der Waals surface area (Å²) >= 11 is 0. The van der Waals surface area contributed by atoms with Crippen LogP contribution in [0.15, 0.2) is 12.7 Å². The summed E-state index contributed by atoms with van der Waals surface area (Å²) in [5, 5.41) is 0. The Kier molecular flexibility index (Phi) is 4.24. The van der Waals surface area contributed by atoms with E-state index in [0.29, 0.717) is 0 Å². The quantitative estimate of drug-likeness (QED) is 0.558. The van der Waals surface area contributed by atoms with E-state index in [1.165, 1.54) is 0 Å². The van der Waals surface area contributed by atoms with E-state index in [4.69, 9.17) is 0 Å². The second-order valence-electron chi connectivity index (χ2n) is 3.04. The second kappa shape index (κ2) is 4.49. The van der Waals surface area contributed by atoms with Crippen molar-refractivity contribution in [3.05, 3.63) is 12.7 Å². The molecule has 0 aliphatic rings. The minimum absolute atomic E-state index is 0.986. The number of hydrogen-bond acceptors (Lipinski definition) is 1. The Hall–Kier alpha value is -1.07. The Morgan fingerprint density at radius 1 is 0.684 bits per heavy atom. The molecule has 0 aromatic rings. The van der Waals surface area contributed by atoms with Crippen LogP contribution in [0.25, 0.3) is 0 Å². The van der Waals surface area contributed by atoms with Gasteiger partial charge in [-0.2, -0.15) is 48.3 Å². The maximum absolute atomic E-state index is 12.6. The summed E-state index contributed by atoms with van der Waals surface area (Å²) in [6.07, 6.45) is -21.5. The summed E-state index contributed by atoms with van der Waals surface area (Å²) in [5.41, 5.74) is 0. The van der Waals surface area contributed by atoms with E-state index in [1.54, 1.807) is 4.74 Å². The minimum atomic E-state index is -7.05. The van der Waals surface area contributed by atoms with Gasteiger partial charge in [0.1, 0.15) is 0 Å². The molecule has 0 atom stereocenters. The molecule has 0 heterocycles. The third-order valence-electron chi connectivity index (χ3n) is 1.64. The van der Waals surface area contributed by atoms with Crippen molar-refractivity contribution in [2.24, 2.45) is 0 Å². The van der Waals surface area contributed by atoms with Crippen LogP contribution in [0.2, 0.25) is 0 Å². The molecule has 0 aliphatic carbocycles.